The van der Waals surface area contributed by atoms with Crippen molar-refractivity contribution in [2.24, 2.45) is 0 Å². The highest BCUT2D eigenvalue weighted by Gasteiger charge is 2.00. The first-order valence-corrected chi connectivity index (χ1v) is 6.12. The van der Waals surface area contributed by atoms with Gasteiger partial charge in [0.2, 0.25) is 0 Å². The van der Waals surface area contributed by atoms with Crippen LogP contribution in [0.2, 0.25) is 5.02 Å². The molecule has 0 atom stereocenters. The van der Waals surface area contributed by atoms with E-state index in [1.807, 2.05) is 12.1 Å². The molecule has 0 spiro atoms. The predicted octanol–water partition coefficient (Wildman–Crippen LogP) is 4.64. The highest BCUT2D eigenvalue weighted by atomic mass is 35.5. The molecule has 0 aliphatic heterocycles. The number of unbranched alkanes of at least 4 members (excludes halogenated alkanes) is 3. The predicted molar refractivity (Wildman–Crippen MR) is 68.8 cm³/mol. The molecular formula is C13H20ClN. The Bertz CT molecular complexity index is 297. The summed E-state index contributed by atoms with van der Waals surface area (Å²) in [5.41, 5.74) is 2.31. The van der Waals surface area contributed by atoms with Crippen molar-refractivity contribution in [2.75, 3.05) is 11.9 Å². The van der Waals surface area contributed by atoms with E-state index < -0.39 is 0 Å². The number of hydrogen-bond acceptors (Lipinski definition) is 1. The molecule has 1 nitrogen and oxygen atoms in total. The number of hydrogen-bond donors (Lipinski definition) is 1. The number of benzene rings is 1. The number of rotatable bonds is 6. The normalized spacial score (nSPS) is 10.3. The third-order valence-electron chi connectivity index (χ3n) is 2.61. The van der Waals surface area contributed by atoms with Crippen LogP contribution in [-0.2, 0) is 0 Å². The fraction of sp³-hybridized carbons (Fsp3) is 0.538. The third kappa shape index (κ3) is 4.13. The zero-order chi connectivity index (χ0) is 11.1. The summed E-state index contributed by atoms with van der Waals surface area (Å²) >= 11 is 6.04. The van der Waals surface area contributed by atoms with Gasteiger partial charge in [-0.25, -0.2) is 0 Å². The van der Waals surface area contributed by atoms with Crippen molar-refractivity contribution in [3.63, 3.8) is 0 Å². The topological polar surface area (TPSA) is 12.0 Å². The first-order chi connectivity index (χ1) is 7.25. The van der Waals surface area contributed by atoms with Crippen LogP contribution in [0.5, 0.6) is 0 Å². The summed E-state index contributed by atoms with van der Waals surface area (Å²) in [6.07, 6.45) is 5.16. The van der Waals surface area contributed by atoms with Crippen LogP contribution in [0, 0.1) is 6.92 Å². The molecule has 1 aromatic carbocycles. The maximum atomic E-state index is 6.04. The molecule has 0 aliphatic carbocycles. The standard InChI is InChI=1S/C13H20ClN/c1-3-4-5-6-10-15-13-9-7-8-12(14)11(13)2/h7-9,15H,3-6,10H2,1-2H3. The van der Waals surface area contributed by atoms with E-state index in [9.17, 15) is 0 Å². The summed E-state index contributed by atoms with van der Waals surface area (Å²) in [6, 6.07) is 6.00. The first kappa shape index (κ1) is 12.4. The van der Waals surface area contributed by atoms with E-state index in [4.69, 9.17) is 11.6 Å². The van der Waals surface area contributed by atoms with Crippen molar-refractivity contribution in [1.82, 2.24) is 0 Å². The van der Waals surface area contributed by atoms with Crippen molar-refractivity contribution in [2.45, 2.75) is 39.5 Å². The highest BCUT2D eigenvalue weighted by molar-refractivity contribution is 6.31. The summed E-state index contributed by atoms with van der Waals surface area (Å²) in [6.45, 7) is 5.33. The molecule has 1 aromatic rings. The van der Waals surface area contributed by atoms with Crippen LogP contribution in [0.15, 0.2) is 18.2 Å². The van der Waals surface area contributed by atoms with Crippen LogP contribution >= 0.6 is 11.6 Å². The monoisotopic (exact) mass is 225 g/mol. The van der Waals surface area contributed by atoms with Crippen molar-refractivity contribution in [3.05, 3.63) is 28.8 Å². The van der Waals surface area contributed by atoms with Crippen molar-refractivity contribution >= 4 is 17.3 Å². The van der Waals surface area contributed by atoms with E-state index in [1.54, 1.807) is 0 Å². The lowest BCUT2D eigenvalue weighted by Gasteiger charge is -2.10. The second-order valence-corrected chi connectivity index (χ2v) is 4.31. The van der Waals surface area contributed by atoms with E-state index in [0.29, 0.717) is 0 Å². The molecule has 84 valence electrons. The second kappa shape index (κ2) is 6.73. The molecule has 0 saturated heterocycles. The van der Waals surface area contributed by atoms with Gasteiger partial charge in [0.1, 0.15) is 0 Å². The summed E-state index contributed by atoms with van der Waals surface area (Å²) in [7, 11) is 0. The molecule has 0 unspecified atom stereocenters. The molecule has 2 heteroatoms. The fourth-order valence-corrected chi connectivity index (χ4v) is 1.75. The van der Waals surface area contributed by atoms with Gasteiger partial charge >= 0.3 is 0 Å². The van der Waals surface area contributed by atoms with Gasteiger partial charge in [-0.15, -0.1) is 0 Å². The average molecular weight is 226 g/mol. The smallest absolute Gasteiger partial charge is 0.0455 e. The number of anilines is 1. The number of nitrogens with one attached hydrogen (secondary N) is 1. The summed E-state index contributed by atoms with van der Waals surface area (Å²) in [4.78, 5) is 0. The van der Waals surface area contributed by atoms with Gasteiger partial charge in [-0.2, -0.15) is 0 Å². The van der Waals surface area contributed by atoms with Gasteiger partial charge in [0, 0.05) is 17.3 Å². The molecular weight excluding hydrogens is 206 g/mol. The Hall–Kier alpha value is -0.690. The zero-order valence-electron chi connectivity index (χ0n) is 9.65. The van der Waals surface area contributed by atoms with E-state index in [2.05, 4.69) is 25.2 Å². The Morgan fingerprint density at radius 1 is 1.20 bits per heavy atom. The number of halogens is 1. The van der Waals surface area contributed by atoms with E-state index >= 15 is 0 Å². The van der Waals surface area contributed by atoms with Gasteiger partial charge < -0.3 is 5.32 Å². The van der Waals surface area contributed by atoms with Crippen molar-refractivity contribution in [1.29, 1.82) is 0 Å². The maximum absolute atomic E-state index is 6.04. The van der Waals surface area contributed by atoms with Crippen LogP contribution in [0.3, 0.4) is 0 Å². The second-order valence-electron chi connectivity index (χ2n) is 3.90. The van der Waals surface area contributed by atoms with Gasteiger partial charge in [0.05, 0.1) is 0 Å². The van der Waals surface area contributed by atoms with Crippen LogP contribution < -0.4 is 5.32 Å². The van der Waals surface area contributed by atoms with Gasteiger partial charge in [0.15, 0.2) is 0 Å². The minimum atomic E-state index is 0.841. The van der Waals surface area contributed by atoms with Gasteiger partial charge in [-0.1, -0.05) is 43.9 Å². The van der Waals surface area contributed by atoms with Gasteiger partial charge in [0.25, 0.3) is 0 Å². The van der Waals surface area contributed by atoms with E-state index in [-0.39, 0.29) is 0 Å². The Kier molecular flexibility index (Phi) is 5.56. The maximum Gasteiger partial charge on any atom is 0.0455 e. The summed E-state index contributed by atoms with van der Waals surface area (Å²) in [5.74, 6) is 0. The molecule has 0 radical (unpaired) electrons. The Balaban J connectivity index is 2.34. The molecule has 0 aliphatic rings. The largest absolute Gasteiger partial charge is 0.385 e. The van der Waals surface area contributed by atoms with Gasteiger partial charge in [-0.05, 0) is 31.0 Å². The highest BCUT2D eigenvalue weighted by Crippen LogP contribution is 2.22. The van der Waals surface area contributed by atoms with E-state index in [0.717, 1.165) is 17.1 Å². The van der Waals surface area contributed by atoms with Crippen LogP contribution in [-0.4, -0.2) is 6.54 Å². The zero-order valence-corrected chi connectivity index (χ0v) is 10.4. The first-order valence-electron chi connectivity index (χ1n) is 5.74. The Morgan fingerprint density at radius 2 is 2.00 bits per heavy atom. The van der Waals surface area contributed by atoms with Crippen LogP contribution in [0.4, 0.5) is 5.69 Å². The Morgan fingerprint density at radius 3 is 2.73 bits per heavy atom. The summed E-state index contributed by atoms with van der Waals surface area (Å²) < 4.78 is 0. The third-order valence-corrected chi connectivity index (χ3v) is 3.02. The molecule has 0 amide bonds. The quantitative estimate of drug-likeness (QED) is 0.696. The molecule has 0 aromatic heterocycles. The van der Waals surface area contributed by atoms with Crippen LogP contribution in [0.1, 0.15) is 38.2 Å². The molecule has 1 rings (SSSR count). The SMILES string of the molecule is CCCCCCNc1cccc(Cl)c1C. The molecule has 15 heavy (non-hydrogen) atoms. The lowest BCUT2D eigenvalue weighted by molar-refractivity contribution is 0.685. The fourth-order valence-electron chi connectivity index (χ4n) is 1.57. The average Bonchev–Trinajstić information content (AvgIpc) is 2.24. The molecule has 0 saturated carbocycles. The van der Waals surface area contributed by atoms with Crippen molar-refractivity contribution in [3.8, 4) is 0 Å². The van der Waals surface area contributed by atoms with Crippen LogP contribution in [0.25, 0.3) is 0 Å². The lowest BCUT2D eigenvalue weighted by Crippen LogP contribution is -2.02. The molecule has 1 N–H and O–H groups in total. The summed E-state index contributed by atoms with van der Waals surface area (Å²) in [5, 5.41) is 4.27. The molecule has 0 heterocycles. The minimum Gasteiger partial charge on any atom is -0.385 e. The Labute approximate surface area is 97.8 Å². The minimum absolute atomic E-state index is 0.841. The van der Waals surface area contributed by atoms with Crippen molar-refractivity contribution < 1.29 is 0 Å². The van der Waals surface area contributed by atoms with E-state index in [1.165, 1.54) is 31.4 Å². The molecule has 0 fully saturated rings. The van der Waals surface area contributed by atoms with Gasteiger partial charge in [-0.3, -0.25) is 0 Å². The lowest BCUT2D eigenvalue weighted by atomic mass is 10.2. The molecule has 0 bridgehead atoms.